The standard InChI is InChI=1S/C16H24ClN3O3/c1-19-16(22)14-8-11(17)2-3-15(14)23-13-4-6-20(7-5-13)10-12(21)9-18/h2-3,8,12-13,21H,4-7,9-10,18H2,1H3,(H,19,22)/t12-/m1/s1. The third kappa shape index (κ3) is 5.07. The first kappa shape index (κ1) is 18.0. The number of aliphatic hydroxyl groups excluding tert-OH is 1. The molecule has 0 unspecified atom stereocenters. The van der Waals surface area contributed by atoms with Gasteiger partial charge in [0.1, 0.15) is 11.9 Å². The fourth-order valence-electron chi connectivity index (χ4n) is 2.68. The highest BCUT2D eigenvalue weighted by molar-refractivity contribution is 6.31. The number of carbonyl (C=O) groups is 1. The molecular weight excluding hydrogens is 318 g/mol. The zero-order valence-corrected chi connectivity index (χ0v) is 14.1. The van der Waals surface area contributed by atoms with Gasteiger partial charge in [-0.1, -0.05) is 11.6 Å². The normalized spacial score (nSPS) is 17.7. The van der Waals surface area contributed by atoms with Crippen LogP contribution in [0.25, 0.3) is 0 Å². The van der Waals surface area contributed by atoms with E-state index in [1.165, 1.54) is 0 Å². The van der Waals surface area contributed by atoms with Crippen molar-refractivity contribution in [3.63, 3.8) is 0 Å². The lowest BCUT2D eigenvalue weighted by Gasteiger charge is -2.33. The molecule has 0 radical (unpaired) electrons. The Morgan fingerprint density at radius 2 is 2.22 bits per heavy atom. The second kappa shape index (κ2) is 8.49. The summed E-state index contributed by atoms with van der Waals surface area (Å²) in [7, 11) is 1.58. The summed E-state index contributed by atoms with van der Waals surface area (Å²) in [4.78, 5) is 14.1. The first-order valence-electron chi connectivity index (χ1n) is 7.82. The molecule has 1 aliphatic rings. The van der Waals surface area contributed by atoms with E-state index in [2.05, 4.69) is 10.2 Å². The smallest absolute Gasteiger partial charge is 0.254 e. The molecule has 1 aromatic carbocycles. The molecular formula is C16H24ClN3O3. The van der Waals surface area contributed by atoms with E-state index in [1.54, 1.807) is 25.2 Å². The highest BCUT2D eigenvalue weighted by Gasteiger charge is 2.23. The van der Waals surface area contributed by atoms with Gasteiger partial charge in [0, 0.05) is 38.2 Å². The molecule has 6 nitrogen and oxygen atoms in total. The maximum absolute atomic E-state index is 11.9. The molecule has 0 aliphatic carbocycles. The summed E-state index contributed by atoms with van der Waals surface area (Å²) in [6, 6.07) is 5.07. The maximum atomic E-state index is 11.9. The number of carbonyl (C=O) groups excluding carboxylic acids is 1. The topological polar surface area (TPSA) is 87.8 Å². The lowest BCUT2D eigenvalue weighted by molar-refractivity contribution is 0.0633. The van der Waals surface area contributed by atoms with Crippen LogP contribution in [-0.4, -0.2) is 61.3 Å². The molecule has 1 aromatic rings. The molecule has 1 amide bonds. The molecule has 1 aliphatic heterocycles. The third-order valence-corrected chi connectivity index (χ3v) is 4.22. The zero-order chi connectivity index (χ0) is 16.8. The van der Waals surface area contributed by atoms with E-state index in [9.17, 15) is 9.90 Å². The van der Waals surface area contributed by atoms with E-state index in [1.807, 2.05) is 0 Å². The molecule has 4 N–H and O–H groups in total. The van der Waals surface area contributed by atoms with Gasteiger partial charge in [0.2, 0.25) is 0 Å². The van der Waals surface area contributed by atoms with E-state index in [-0.39, 0.29) is 18.6 Å². The van der Waals surface area contributed by atoms with Gasteiger partial charge < -0.3 is 25.8 Å². The molecule has 2 rings (SSSR count). The Labute approximate surface area is 141 Å². The predicted molar refractivity (Wildman–Crippen MR) is 90.0 cm³/mol. The van der Waals surface area contributed by atoms with Crippen LogP contribution in [0.1, 0.15) is 23.2 Å². The molecule has 7 heteroatoms. The van der Waals surface area contributed by atoms with Crippen LogP contribution < -0.4 is 15.8 Å². The largest absolute Gasteiger partial charge is 0.489 e. The maximum Gasteiger partial charge on any atom is 0.254 e. The quantitative estimate of drug-likeness (QED) is 0.714. The monoisotopic (exact) mass is 341 g/mol. The van der Waals surface area contributed by atoms with Gasteiger partial charge in [-0.15, -0.1) is 0 Å². The number of piperidine rings is 1. The average molecular weight is 342 g/mol. The number of aliphatic hydroxyl groups is 1. The van der Waals surface area contributed by atoms with Crippen LogP contribution in [0.4, 0.5) is 0 Å². The van der Waals surface area contributed by atoms with Crippen LogP contribution >= 0.6 is 11.6 Å². The van der Waals surface area contributed by atoms with Crippen LogP contribution in [0.3, 0.4) is 0 Å². The number of hydrogen-bond acceptors (Lipinski definition) is 5. The number of likely N-dealkylation sites (tertiary alicyclic amines) is 1. The lowest BCUT2D eigenvalue weighted by Crippen LogP contribution is -2.43. The lowest BCUT2D eigenvalue weighted by atomic mass is 10.1. The number of halogens is 1. The fraction of sp³-hybridized carbons (Fsp3) is 0.562. The Morgan fingerprint density at radius 3 is 2.83 bits per heavy atom. The minimum Gasteiger partial charge on any atom is -0.489 e. The highest BCUT2D eigenvalue weighted by atomic mass is 35.5. The summed E-state index contributed by atoms with van der Waals surface area (Å²) in [6.07, 6.45) is 1.25. The molecule has 1 saturated heterocycles. The number of ether oxygens (including phenoxy) is 1. The van der Waals surface area contributed by atoms with Crippen molar-refractivity contribution in [2.75, 3.05) is 33.2 Å². The first-order valence-corrected chi connectivity index (χ1v) is 8.20. The van der Waals surface area contributed by atoms with Gasteiger partial charge in [0.05, 0.1) is 11.7 Å². The van der Waals surface area contributed by atoms with E-state index < -0.39 is 6.10 Å². The summed E-state index contributed by atoms with van der Waals surface area (Å²) < 4.78 is 6.01. The summed E-state index contributed by atoms with van der Waals surface area (Å²) in [5.74, 6) is 0.334. The van der Waals surface area contributed by atoms with Gasteiger partial charge in [-0.3, -0.25) is 4.79 Å². The van der Waals surface area contributed by atoms with Gasteiger partial charge in [-0.2, -0.15) is 0 Å². The minimum absolute atomic E-state index is 0.0471. The Bertz CT molecular complexity index is 533. The predicted octanol–water partition coefficient (Wildman–Crippen LogP) is 0.862. The zero-order valence-electron chi connectivity index (χ0n) is 13.3. The molecule has 0 saturated carbocycles. The molecule has 1 fully saturated rings. The van der Waals surface area contributed by atoms with Crippen molar-refractivity contribution in [2.45, 2.75) is 25.0 Å². The summed E-state index contributed by atoms with van der Waals surface area (Å²) >= 11 is 5.97. The van der Waals surface area contributed by atoms with Crippen molar-refractivity contribution in [1.29, 1.82) is 0 Å². The van der Waals surface area contributed by atoms with E-state index in [0.29, 0.717) is 22.9 Å². The second-order valence-electron chi connectivity index (χ2n) is 5.73. The number of nitrogens with two attached hydrogens (primary N) is 1. The summed E-state index contributed by atoms with van der Waals surface area (Å²) in [6.45, 7) is 2.54. The van der Waals surface area contributed by atoms with Crippen molar-refractivity contribution in [3.8, 4) is 5.75 Å². The molecule has 0 bridgehead atoms. The van der Waals surface area contributed by atoms with Crippen LogP contribution in [-0.2, 0) is 0 Å². The van der Waals surface area contributed by atoms with Gasteiger partial charge in [-0.05, 0) is 31.0 Å². The summed E-state index contributed by atoms with van der Waals surface area (Å²) in [5, 5.41) is 12.7. The molecule has 0 aromatic heterocycles. The number of β-amino-alcohol motifs (C(OH)–C–C–N with tert-alkyl or cyclic N) is 1. The van der Waals surface area contributed by atoms with Gasteiger partial charge >= 0.3 is 0 Å². The number of amides is 1. The Kier molecular flexibility index (Phi) is 6.65. The Balaban J connectivity index is 1.95. The molecule has 1 atom stereocenters. The Morgan fingerprint density at radius 1 is 1.52 bits per heavy atom. The van der Waals surface area contributed by atoms with Crippen LogP contribution in [0.15, 0.2) is 18.2 Å². The molecule has 0 spiro atoms. The summed E-state index contributed by atoms with van der Waals surface area (Å²) in [5.41, 5.74) is 5.88. The molecule has 1 heterocycles. The van der Waals surface area contributed by atoms with Crippen LogP contribution in [0, 0.1) is 0 Å². The van der Waals surface area contributed by atoms with E-state index >= 15 is 0 Å². The van der Waals surface area contributed by atoms with Crippen LogP contribution in [0.2, 0.25) is 5.02 Å². The average Bonchev–Trinajstić information content (AvgIpc) is 2.57. The molecule has 128 valence electrons. The van der Waals surface area contributed by atoms with Crippen molar-refractivity contribution in [2.24, 2.45) is 5.73 Å². The third-order valence-electron chi connectivity index (χ3n) is 3.98. The van der Waals surface area contributed by atoms with Crippen molar-refractivity contribution in [3.05, 3.63) is 28.8 Å². The van der Waals surface area contributed by atoms with Crippen molar-refractivity contribution >= 4 is 17.5 Å². The van der Waals surface area contributed by atoms with Crippen molar-refractivity contribution < 1.29 is 14.6 Å². The minimum atomic E-state index is -0.483. The number of hydrogen-bond donors (Lipinski definition) is 3. The second-order valence-corrected chi connectivity index (χ2v) is 6.16. The van der Waals surface area contributed by atoms with Crippen LogP contribution in [0.5, 0.6) is 5.75 Å². The first-order chi connectivity index (χ1) is 11.0. The van der Waals surface area contributed by atoms with Gasteiger partial charge in [0.15, 0.2) is 0 Å². The SMILES string of the molecule is CNC(=O)c1cc(Cl)ccc1OC1CCN(C[C@H](O)CN)CC1. The molecule has 23 heavy (non-hydrogen) atoms. The van der Waals surface area contributed by atoms with Gasteiger partial charge in [0.25, 0.3) is 5.91 Å². The highest BCUT2D eigenvalue weighted by Crippen LogP contribution is 2.26. The van der Waals surface area contributed by atoms with Gasteiger partial charge in [-0.25, -0.2) is 0 Å². The number of rotatable bonds is 6. The number of nitrogens with zero attached hydrogens (tertiary/aromatic N) is 1. The number of benzene rings is 1. The fourth-order valence-corrected chi connectivity index (χ4v) is 2.85. The Hall–Kier alpha value is -1.34. The van der Waals surface area contributed by atoms with Crippen molar-refractivity contribution in [1.82, 2.24) is 10.2 Å². The number of nitrogens with one attached hydrogen (secondary N) is 1. The van der Waals surface area contributed by atoms with E-state index in [4.69, 9.17) is 22.1 Å². The van der Waals surface area contributed by atoms with E-state index in [0.717, 1.165) is 25.9 Å².